The van der Waals surface area contributed by atoms with Gasteiger partial charge in [0.1, 0.15) is 11.2 Å². The zero-order valence-corrected chi connectivity index (χ0v) is 16.1. The molecule has 150 valence electrons. The number of imidazole rings is 1. The number of nitrogens with zero attached hydrogens (tertiary/aromatic N) is 4. The number of carbonyl (C=O) groups is 2. The molecule has 2 heterocycles. The molecule has 1 aromatic rings. The van der Waals surface area contributed by atoms with Gasteiger partial charge in [0.25, 0.3) is 5.91 Å². The van der Waals surface area contributed by atoms with E-state index in [2.05, 4.69) is 4.98 Å². The molecule has 1 aliphatic carbocycles. The Bertz CT molecular complexity index is 744. The van der Waals surface area contributed by atoms with E-state index in [-0.39, 0.29) is 23.8 Å². The van der Waals surface area contributed by atoms with Gasteiger partial charge in [-0.3, -0.25) is 9.59 Å². The van der Waals surface area contributed by atoms with Gasteiger partial charge < -0.3 is 14.4 Å². The number of halogens is 3. The summed E-state index contributed by atoms with van der Waals surface area (Å²) >= 11 is 0. The molecule has 1 aliphatic heterocycles. The molecule has 2 aliphatic rings. The van der Waals surface area contributed by atoms with Gasteiger partial charge in [0, 0.05) is 38.3 Å². The second-order valence-electron chi connectivity index (χ2n) is 8.32. The number of amides is 2. The number of fused-ring (bicyclic) bond motifs is 1. The molecule has 1 unspecified atom stereocenters. The number of hydrogen-bond acceptors (Lipinski definition) is 3. The van der Waals surface area contributed by atoms with Crippen molar-refractivity contribution in [2.75, 3.05) is 20.1 Å². The summed E-state index contributed by atoms with van der Waals surface area (Å²) in [5, 5.41) is 0. The summed E-state index contributed by atoms with van der Waals surface area (Å²) in [6.07, 6.45) is -1.20. The fraction of sp³-hybridized carbons (Fsp3) is 0.722. The van der Waals surface area contributed by atoms with Gasteiger partial charge in [0.05, 0.1) is 6.33 Å². The van der Waals surface area contributed by atoms with Crippen molar-refractivity contribution in [1.29, 1.82) is 0 Å². The molecule has 0 spiro atoms. The van der Waals surface area contributed by atoms with Gasteiger partial charge in [-0.15, -0.1) is 0 Å². The van der Waals surface area contributed by atoms with Crippen LogP contribution in [0.4, 0.5) is 13.2 Å². The van der Waals surface area contributed by atoms with Gasteiger partial charge >= 0.3 is 6.18 Å². The van der Waals surface area contributed by atoms with Crippen LogP contribution in [0.25, 0.3) is 0 Å². The summed E-state index contributed by atoms with van der Waals surface area (Å²) in [6.45, 7) is 6.74. The SMILES string of the molecule is CC(C)n1cnc(C(=O)N2C[C@@H]3C(C(=O)N(C)C(C)(C)C(F)(F)F)[C@@H]3C2)c1. The Labute approximate surface area is 156 Å². The van der Waals surface area contributed by atoms with Crippen LogP contribution >= 0.6 is 0 Å². The van der Waals surface area contributed by atoms with Crippen molar-refractivity contribution in [1.82, 2.24) is 19.4 Å². The molecule has 0 radical (unpaired) electrons. The number of piperidine rings is 1. The Kier molecular flexibility index (Phi) is 4.55. The van der Waals surface area contributed by atoms with Crippen molar-refractivity contribution < 1.29 is 22.8 Å². The topological polar surface area (TPSA) is 58.4 Å². The third kappa shape index (κ3) is 3.21. The van der Waals surface area contributed by atoms with Crippen LogP contribution in [0.3, 0.4) is 0 Å². The minimum absolute atomic E-state index is 0.0693. The quantitative estimate of drug-likeness (QED) is 0.799. The number of rotatable bonds is 4. The smallest absolute Gasteiger partial charge is 0.337 e. The highest BCUT2D eigenvalue weighted by molar-refractivity contribution is 5.93. The lowest BCUT2D eigenvalue weighted by molar-refractivity contribution is -0.218. The van der Waals surface area contributed by atoms with E-state index < -0.39 is 23.5 Å². The number of hydrogen-bond donors (Lipinski definition) is 0. The maximum atomic E-state index is 13.2. The number of alkyl halides is 3. The van der Waals surface area contributed by atoms with Crippen molar-refractivity contribution >= 4 is 11.8 Å². The van der Waals surface area contributed by atoms with E-state index in [1.54, 1.807) is 17.4 Å². The maximum absolute atomic E-state index is 13.2. The lowest BCUT2D eigenvalue weighted by Crippen LogP contribution is -2.56. The van der Waals surface area contributed by atoms with Gasteiger partial charge in [-0.1, -0.05) is 0 Å². The number of carbonyl (C=O) groups excluding carboxylic acids is 2. The largest absolute Gasteiger partial charge is 0.411 e. The van der Waals surface area contributed by atoms with Crippen LogP contribution in [-0.4, -0.2) is 63.0 Å². The van der Waals surface area contributed by atoms with Crippen LogP contribution in [-0.2, 0) is 4.79 Å². The number of aromatic nitrogens is 2. The highest BCUT2D eigenvalue weighted by Gasteiger charge is 2.63. The third-order valence-electron chi connectivity index (χ3n) is 6.05. The maximum Gasteiger partial charge on any atom is 0.411 e. The molecule has 9 heteroatoms. The van der Waals surface area contributed by atoms with Gasteiger partial charge in [0.15, 0.2) is 0 Å². The zero-order chi connectivity index (χ0) is 20.3. The van der Waals surface area contributed by atoms with Crippen molar-refractivity contribution in [2.45, 2.75) is 45.5 Å². The molecular weight excluding hydrogens is 361 g/mol. The predicted molar refractivity (Wildman–Crippen MR) is 91.9 cm³/mol. The predicted octanol–water partition coefficient (Wildman–Crippen LogP) is 2.58. The molecule has 1 saturated carbocycles. The van der Waals surface area contributed by atoms with E-state index in [4.69, 9.17) is 0 Å². The second-order valence-corrected chi connectivity index (χ2v) is 8.32. The average Bonchev–Trinajstić information content (AvgIpc) is 2.97. The molecule has 3 atom stereocenters. The lowest BCUT2D eigenvalue weighted by Gasteiger charge is -2.37. The van der Waals surface area contributed by atoms with Gasteiger partial charge in [-0.05, 0) is 39.5 Å². The van der Waals surface area contributed by atoms with E-state index in [0.717, 1.165) is 18.7 Å². The standard InChI is InChI=1S/C18H25F3N4O2/c1-10(2)25-8-13(22-9-25)15(26)24-6-11-12(7-24)14(11)16(27)23(5)17(3,4)18(19,20)21/h8-12,14H,6-7H2,1-5H3/t11-,12+,14?. The first kappa shape index (κ1) is 19.7. The average molecular weight is 386 g/mol. The van der Waals surface area contributed by atoms with Crippen molar-refractivity contribution in [3.63, 3.8) is 0 Å². The molecule has 0 N–H and O–H groups in total. The van der Waals surface area contributed by atoms with Crippen LogP contribution in [0, 0.1) is 17.8 Å². The van der Waals surface area contributed by atoms with Crippen molar-refractivity contribution in [3.05, 3.63) is 18.2 Å². The third-order valence-corrected chi connectivity index (χ3v) is 6.05. The monoisotopic (exact) mass is 386 g/mol. The van der Waals surface area contributed by atoms with Crippen LogP contribution < -0.4 is 0 Å². The minimum atomic E-state index is -4.50. The Morgan fingerprint density at radius 1 is 1.22 bits per heavy atom. The molecule has 1 saturated heterocycles. The first-order valence-electron chi connectivity index (χ1n) is 9.03. The van der Waals surface area contributed by atoms with Crippen LogP contribution in [0.15, 0.2) is 12.5 Å². The summed E-state index contributed by atoms with van der Waals surface area (Å²) in [7, 11) is 1.20. The summed E-state index contributed by atoms with van der Waals surface area (Å²) < 4.78 is 41.4. The van der Waals surface area contributed by atoms with Gasteiger partial charge in [-0.2, -0.15) is 13.2 Å². The van der Waals surface area contributed by atoms with Gasteiger partial charge in [-0.25, -0.2) is 4.98 Å². The van der Waals surface area contributed by atoms with Crippen LogP contribution in [0.5, 0.6) is 0 Å². The lowest BCUT2D eigenvalue weighted by atomic mass is 10.0. The minimum Gasteiger partial charge on any atom is -0.337 e. The van der Waals surface area contributed by atoms with E-state index in [9.17, 15) is 22.8 Å². The first-order valence-corrected chi connectivity index (χ1v) is 9.03. The molecule has 1 aromatic heterocycles. The molecule has 6 nitrogen and oxygen atoms in total. The van der Waals surface area contributed by atoms with Crippen LogP contribution in [0.1, 0.15) is 44.2 Å². The Morgan fingerprint density at radius 2 is 1.78 bits per heavy atom. The summed E-state index contributed by atoms with van der Waals surface area (Å²) in [5.74, 6) is -1.27. The summed E-state index contributed by atoms with van der Waals surface area (Å²) in [4.78, 5) is 31.7. The molecule has 0 aromatic carbocycles. The Balaban J connectivity index is 1.61. The zero-order valence-electron chi connectivity index (χ0n) is 16.1. The number of likely N-dealkylation sites (tertiary alicyclic amines) is 1. The Morgan fingerprint density at radius 3 is 2.22 bits per heavy atom. The molecule has 27 heavy (non-hydrogen) atoms. The molecule has 0 bridgehead atoms. The van der Waals surface area contributed by atoms with E-state index in [0.29, 0.717) is 18.8 Å². The molecule has 2 fully saturated rings. The van der Waals surface area contributed by atoms with E-state index in [1.807, 2.05) is 18.4 Å². The summed E-state index contributed by atoms with van der Waals surface area (Å²) in [5.41, 5.74) is -1.87. The fourth-order valence-corrected chi connectivity index (χ4v) is 3.64. The van der Waals surface area contributed by atoms with E-state index >= 15 is 0 Å². The van der Waals surface area contributed by atoms with E-state index in [1.165, 1.54) is 7.05 Å². The Hall–Kier alpha value is -2.06. The van der Waals surface area contributed by atoms with Gasteiger partial charge in [0.2, 0.25) is 5.91 Å². The molecule has 3 rings (SSSR count). The molecule has 2 amide bonds. The van der Waals surface area contributed by atoms with Crippen molar-refractivity contribution in [3.8, 4) is 0 Å². The molecular formula is C18H25F3N4O2. The first-order chi connectivity index (χ1) is 12.4. The van der Waals surface area contributed by atoms with Crippen LogP contribution in [0.2, 0.25) is 0 Å². The highest BCUT2D eigenvalue weighted by atomic mass is 19.4. The fourth-order valence-electron chi connectivity index (χ4n) is 3.64. The second kappa shape index (κ2) is 6.24. The normalized spacial score (nSPS) is 24.9. The van der Waals surface area contributed by atoms with Crippen molar-refractivity contribution in [2.24, 2.45) is 17.8 Å². The highest BCUT2D eigenvalue weighted by Crippen LogP contribution is 2.53. The summed E-state index contributed by atoms with van der Waals surface area (Å²) in [6, 6.07) is 0.195.